The molecule has 1 saturated heterocycles. The van der Waals surface area contributed by atoms with Gasteiger partial charge in [-0.3, -0.25) is 14.5 Å². The van der Waals surface area contributed by atoms with Gasteiger partial charge in [-0.2, -0.15) is 0 Å². The van der Waals surface area contributed by atoms with E-state index in [9.17, 15) is 9.59 Å². The van der Waals surface area contributed by atoms with Crippen LogP contribution in [0.5, 0.6) is 0 Å². The molecule has 0 saturated carbocycles. The van der Waals surface area contributed by atoms with Crippen LogP contribution in [0.3, 0.4) is 0 Å². The van der Waals surface area contributed by atoms with Gasteiger partial charge in [-0.25, -0.2) is 0 Å². The van der Waals surface area contributed by atoms with Gasteiger partial charge < -0.3 is 10.2 Å². The van der Waals surface area contributed by atoms with Crippen molar-refractivity contribution in [3.8, 4) is 0 Å². The molecule has 0 aromatic heterocycles. The van der Waals surface area contributed by atoms with Gasteiger partial charge in [0.05, 0.1) is 12.1 Å². The molecule has 3 aromatic rings. The third-order valence-corrected chi connectivity index (χ3v) is 6.10. The predicted molar refractivity (Wildman–Crippen MR) is 132 cm³/mol. The van der Waals surface area contributed by atoms with Crippen molar-refractivity contribution in [2.24, 2.45) is 0 Å². The Balaban J connectivity index is 1.61. The molecule has 0 spiro atoms. The molecule has 162 valence electrons. The van der Waals surface area contributed by atoms with Crippen LogP contribution in [0.1, 0.15) is 17.5 Å². The highest BCUT2D eigenvalue weighted by Gasteiger charge is 2.44. The standard InChI is InChI=1S/C25H22ClN3O2S/c1-17-8-7-10-19(14-17)27-23(30)15-22-24(31)29(20-11-3-2-4-12-20)25(32)28(22)16-18-9-5-6-13-21(18)26/h2-14,22H,15-16H2,1H3,(H,27,30). The average molecular weight is 464 g/mol. The summed E-state index contributed by atoms with van der Waals surface area (Å²) in [6, 6.07) is 23.5. The molecule has 1 heterocycles. The second-order valence-electron chi connectivity index (χ2n) is 7.65. The molecular weight excluding hydrogens is 442 g/mol. The number of anilines is 2. The van der Waals surface area contributed by atoms with E-state index in [1.165, 1.54) is 4.90 Å². The Labute approximate surface area is 197 Å². The molecule has 2 amide bonds. The van der Waals surface area contributed by atoms with Gasteiger partial charge in [0.1, 0.15) is 6.04 Å². The lowest BCUT2D eigenvalue weighted by Gasteiger charge is -2.24. The molecule has 5 nitrogen and oxygen atoms in total. The van der Waals surface area contributed by atoms with E-state index in [1.807, 2.05) is 79.7 Å². The summed E-state index contributed by atoms with van der Waals surface area (Å²) in [5, 5.41) is 3.83. The number of para-hydroxylation sites is 1. The normalized spacial score (nSPS) is 15.9. The molecule has 0 aliphatic carbocycles. The van der Waals surface area contributed by atoms with Crippen LogP contribution in [0, 0.1) is 6.92 Å². The zero-order valence-electron chi connectivity index (χ0n) is 17.5. The lowest BCUT2D eigenvalue weighted by atomic mass is 10.1. The van der Waals surface area contributed by atoms with Gasteiger partial charge in [0.25, 0.3) is 5.91 Å². The van der Waals surface area contributed by atoms with Crippen molar-refractivity contribution in [1.82, 2.24) is 4.90 Å². The van der Waals surface area contributed by atoms with Crippen LogP contribution in [-0.2, 0) is 16.1 Å². The zero-order chi connectivity index (χ0) is 22.7. The van der Waals surface area contributed by atoms with Crippen LogP contribution in [-0.4, -0.2) is 27.9 Å². The number of hydrogen-bond donors (Lipinski definition) is 1. The molecule has 1 atom stereocenters. The number of rotatable bonds is 6. The van der Waals surface area contributed by atoms with Crippen LogP contribution in [0.25, 0.3) is 0 Å². The number of thiocarbonyl (C=S) groups is 1. The van der Waals surface area contributed by atoms with Gasteiger partial charge in [0.2, 0.25) is 5.91 Å². The Bertz CT molecular complexity index is 1170. The fourth-order valence-electron chi connectivity index (χ4n) is 3.75. The van der Waals surface area contributed by atoms with Crippen LogP contribution in [0.2, 0.25) is 5.02 Å². The Morgan fingerprint density at radius 1 is 1.03 bits per heavy atom. The van der Waals surface area contributed by atoms with E-state index >= 15 is 0 Å². The first-order chi connectivity index (χ1) is 15.4. The predicted octanol–water partition coefficient (Wildman–Crippen LogP) is 5.18. The number of benzene rings is 3. The van der Waals surface area contributed by atoms with E-state index in [1.54, 1.807) is 11.0 Å². The number of carbonyl (C=O) groups is 2. The van der Waals surface area contributed by atoms with Crippen molar-refractivity contribution in [3.63, 3.8) is 0 Å². The molecule has 1 unspecified atom stereocenters. The zero-order valence-corrected chi connectivity index (χ0v) is 19.1. The first kappa shape index (κ1) is 22.0. The fraction of sp³-hybridized carbons (Fsp3) is 0.160. The highest BCUT2D eigenvalue weighted by atomic mass is 35.5. The Hall–Kier alpha value is -3.22. The number of hydrogen-bond acceptors (Lipinski definition) is 3. The van der Waals surface area contributed by atoms with Gasteiger partial charge in [-0.15, -0.1) is 0 Å². The highest BCUT2D eigenvalue weighted by Crippen LogP contribution is 2.30. The third-order valence-electron chi connectivity index (χ3n) is 5.31. The lowest BCUT2D eigenvalue weighted by Crippen LogP contribution is -2.37. The molecule has 7 heteroatoms. The van der Waals surface area contributed by atoms with Crippen molar-refractivity contribution in [2.45, 2.75) is 25.9 Å². The molecule has 0 bridgehead atoms. The number of aryl methyl sites for hydroxylation is 1. The monoisotopic (exact) mass is 463 g/mol. The molecule has 1 N–H and O–H groups in total. The quantitative estimate of drug-likeness (QED) is 0.512. The van der Waals surface area contributed by atoms with Crippen LogP contribution >= 0.6 is 23.8 Å². The van der Waals surface area contributed by atoms with E-state index in [2.05, 4.69) is 5.32 Å². The summed E-state index contributed by atoms with van der Waals surface area (Å²) < 4.78 is 0. The van der Waals surface area contributed by atoms with Crippen molar-refractivity contribution >= 4 is 52.1 Å². The summed E-state index contributed by atoms with van der Waals surface area (Å²) in [5.74, 6) is -0.483. The Morgan fingerprint density at radius 3 is 2.47 bits per heavy atom. The van der Waals surface area contributed by atoms with E-state index in [0.29, 0.717) is 28.1 Å². The van der Waals surface area contributed by atoms with Gasteiger partial charge >= 0.3 is 0 Å². The maximum atomic E-state index is 13.4. The molecule has 3 aromatic carbocycles. The Kier molecular flexibility index (Phi) is 6.53. The first-order valence-electron chi connectivity index (χ1n) is 10.2. The van der Waals surface area contributed by atoms with Crippen molar-refractivity contribution in [3.05, 3.63) is 95.0 Å². The number of nitrogens with zero attached hydrogens (tertiary/aromatic N) is 2. The maximum Gasteiger partial charge on any atom is 0.256 e. The summed E-state index contributed by atoms with van der Waals surface area (Å²) in [4.78, 5) is 29.6. The van der Waals surface area contributed by atoms with E-state index < -0.39 is 6.04 Å². The summed E-state index contributed by atoms with van der Waals surface area (Å²) in [5.41, 5.74) is 3.24. The molecule has 0 radical (unpaired) electrons. The Morgan fingerprint density at radius 2 is 1.75 bits per heavy atom. The average Bonchev–Trinajstić information content (AvgIpc) is 2.99. The van der Waals surface area contributed by atoms with Crippen LogP contribution in [0.15, 0.2) is 78.9 Å². The minimum Gasteiger partial charge on any atom is -0.332 e. The molecule has 32 heavy (non-hydrogen) atoms. The van der Waals surface area contributed by atoms with Crippen LogP contribution in [0.4, 0.5) is 11.4 Å². The minimum absolute atomic E-state index is 0.0271. The summed E-state index contributed by atoms with van der Waals surface area (Å²) in [7, 11) is 0. The number of nitrogens with one attached hydrogen (secondary N) is 1. The number of amides is 2. The van der Waals surface area contributed by atoms with Crippen LogP contribution < -0.4 is 10.2 Å². The maximum absolute atomic E-state index is 13.4. The lowest BCUT2D eigenvalue weighted by molar-refractivity contribution is -0.124. The van der Waals surface area contributed by atoms with Gasteiger partial charge in [0, 0.05) is 17.3 Å². The number of carbonyl (C=O) groups excluding carboxylic acids is 2. The summed E-state index contributed by atoms with van der Waals surface area (Å²) in [6.07, 6.45) is -0.0271. The van der Waals surface area contributed by atoms with Crippen molar-refractivity contribution in [1.29, 1.82) is 0 Å². The minimum atomic E-state index is -0.733. The van der Waals surface area contributed by atoms with Gasteiger partial charge in [-0.1, -0.05) is 60.1 Å². The molecule has 1 aliphatic rings. The van der Waals surface area contributed by atoms with E-state index in [0.717, 1.165) is 11.1 Å². The summed E-state index contributed by atoms with van der Waals surface area (Å²) in [6.45, 7) is 2.29. The van der Waals surface area contributed by atoms with Gasteiger partial charge in [0.15, 0.2) is 5.11 Å². The molecule has 1 aliphatic heterocycles. The highest BCUT2D eigenvalue weighted by molar-refractivity contribution is 7.80. The largest absolute Gasteiger partial charge is 0.332 e. The fourth-order valence-corrected chi connectivity index (χ4v) is 4.33. The molecule has 4 rings (SSSR count). The van der Waals surface area contributed by atoms with E-state index in [-0.39, 0.29) is 18.2 Å². The summed E-state index contributed by atoms with van der Waals surface area (Å²) >= 11 is 12.1. The smallest absolute Gasteiger partial charge is 0.256 e. The second-order valence-corrected chi connectivity index (χ2v) is 8.42. The SMILES string of the molecule is Cc1cccc(NC(=O)CC2C(=O)N(c3ccccc3)C(=S)N2Cc2ccccc2Cl)c1. The van der Waals surface area contributed by atoms with E-state index in [4.69, 9.17) is 23.8 Å². The molecule has 1 fully saturated rings. The number of halogens is 1. The second kappa shape index (κ2) is 9.51. The van der Waals surface area contributed by atoms with Crippen molar-refractivity contribution < 1.29 is 9.59 Å². The van der Waals surface area contributed by atoms with Crippen molar-refractivity contribution in [2.75, 3.05) is 10.2 Å². The van der Waals surface area contributed by atoms with Gasteiger partial charge in [-0.05, 0) is 60.6 Å². The molecular formula is C25H22ClN3O2S. The topological polar surface area (TPSA) is 52.7 Å². The first-order valence-corrected chi connectivity index (χ1v) is 11.0. The third kappa shape index (κ3) is 4.66.